The van der Waals surface area contributed by atoms with Crippen LogP contribution in [-0.4, -0.2) is 12.6 Å². The van der Waals surface area contributed by atoms with Gasteiger partial charge in [0.05, 0.1) is 12.6 Å². The summed E-state index contributed by atoms with van der Waals surface area (Å²) in [7, 11) is 0. The minimum Gasteiger partial charge on any atom is -0.496 e. The van der Waals surface area contributed by atoms with E-state index < -0.39 is 0 Å². The molecule has 0 bridgehead atoms. The van der Waals surface area contributed by atoms with E-state index in [1.165, 1.54) is 32.1 Å². The lowest BCUT2D eigenvalue weighted by Gasteiger charge is -2.12. The summed E-state index contributed by atoms with van der Waals surface area (Å²) in [4.78, 5) is 0. The summed E-state index contributed by atoms with van der Waals surface area (Å²) < 4.78 is 5.43. The monoisotopic (exact) mass is 197 g/mol. The van der Waals surface area contributed by atoms with Crippen molar-refractivity contribution < 1.29 is 4.74 Å². The van der Waals surface area contributed by atoms with Gasteiger partial charge >= 0.3 is 0 Å². The van der Waals surface area contributed by atoms with Crippen LogP contribution in [0.15, 0.2) is 11.8 Å². The summed E-state index contributed by atoms with van der Waals surface area (Å²) in [5, 5.41) is 0. The zero-order chi connectivity index (χ0) is 10.2. The van der Waals surface area contributed by atoms with Crippen molar-refractivity contribution in [2.24, 2.45) is 5.73 Å². The van der Waals surface area contributed by atoms with Crippen LogP contribution in [0.2, 0.25) is 0 Å². The molecule has 0 saturated carbocycles. The van der Waals surface area contributed by atoms with Crippen LogP contribution in [-0.2, 0) is 4.74 Å². The van der Waals surface area contributed by atoms with Crippen LogP contribution in [0.5, 0.6) is 0 Å². The third kappa shape index (κ3) is 4.14. The van der Waals surface area contributed by atoms with E-state index in [0.717, 1.165) is 25.2 Å². The van der Waals surface area contributed by atoms with Crippen LogP contribution in [0.25, 0.3) is 0 Å². The Balaban J connectivity index is 2.00. The van der Waals surface area contributed by atoms with Crippen LogP contribution >= 0.6 is 0 Å². The Morgan fingerprint density at radius 2 is 2.14 bits per heavy atom. The normalized spacial score (nSPS) is 17.7. The fourth-order valence-electron chi connectivity index (χ4n) is 1.81. The minimum atomic E-state index is 0.152. The highest BCUT2D eigenvalue weighted by atomic mass is 16.5. The van der Waals surface area contributed by atoms with Crippen molar-refractivity contribution in [3.05, 3.63) is 11.8 Å². The van der Waals surface area contributed by atoms with Crippen LogP contribution < -0.4 is 5.73 Å². The zero-order valence-corrected chi connectivity index (χ0v) is 9.30. The Kier molecular flexibility index (Phi) is 5.69. The van der Waals surface area contributed by atoms with Crippen LogP contribution in [0.1, 0.15) is 51.9 Å². The molecule has 2 N–H and O–H groups in total. The van der Waals surface area contributed by atoms with Crippen LogP contribution in [0.4, 0.5) is 0 Å². The summed E-state index contributed by atoms with van der Waals surface area (Å²) in [5.41, 5.74) is 6.00. The largest absolute Gasteiger partial charge is 0.496 e. The van der Waals surface area contributed by atoms with Gasteiger partial charge in [0.15, 0.2) is 0 Å². The summed E-state index contributed by atoms with van der Waals surface area (Å²) in [6.07, 6.45) is 10.8. The summed E-state index contributed by atoms with van der Waals surface area (Å²) >= 11 is 0. The maximum Gasteiger partial charge on any atom is 0.109 e. The number of rotatable bonds is 7. The van der Waals surface area contributed by atoms with E-state index in [9.17, 15) is 0 Å². The molecule has 0 aromatic carbocycles. The molecule has 0 aromatic heterocycles. The summed E-state index contributed by atoms with van der Waals surface area (Å²) in [6.45, 7) is 3.07. The molecule has 1 unspecified atom stereocenters. The molecule has 0 saturated heterocycles. The Morgan fingerprint density at radius 1 is 1.36 bits per heavy atom. The zero-order valence-electron chi connectivity index (χ0n) is 9.30. The first-order valence-corrected chi connectivity index (χ1v) is 5.93. The van der Waals surface area contributed by atoms with Gasteiger partial charge in [0.1, 0.15) is 5.76 Å². The first-order chi connectivity index (χ1) is 6.84. The van der Waals surface area contributed by atoms with Crippen molar-refractivity contribution in [3.63, 3.8) is 0 Å². The Labute approximate surface area is 87.5 Å². The second kappa shape index (κ2) is 6.88. The molecule has 0 spiro atoms. The van der Waals surface area contributed by atoms with Crippen molar-refractivity contribution in [1.29, 1.82) is 0 Å². The molecule has 1 aliphatic heterocycles. The number of ether oxygens (including phenoxy) is 1. The Morgan fingerprint density at radius 3 is 2.79 bits per heavy atom. The SMILES string of the molecule is CCCCCCCC(N)C1=CCCO1. The van der Waals surface area contributed by atoms with Gasteiger partial charge in [-0.05, 0) is 12.5 Å². The average Bonchev–Trinajstić information content (AvgIpc) is 2.70. The fourth-order valence-corrected chi connectivity index (χ4v) is 1.81. The van der Waals surface area contributed by atoms with Crippen molar-refractivity contribution in [1.82, 2.24) is 0 Å². The second-order valence-corrected chi connectivity index (χ2v) is 4.05. The van der Waals surface area contributed by atoms with E-state index in [1.54, 1.807) is 0 Å². The Bertz CT molecular complexity index is 177. The number of unbranched alkanes of at least 4 members (excludes halogenated alkanes) is 4. The average molecular weight is 197 g/mol. The topological polar surface area (TPSA) is 35.2 Å². The van der Waals surface area contributed by atoms with Crippen molar-refractivity contribution in [2.45, 2.75) is 57.9 Å². The Hall–Kier alpha value is -0.500. The quantitative estimate of drug-likeness (QED) is 0.637. The smallest absolute Gasteiger partial charge is 0.109 e. The minimum absolute atomic E-state index is 0.152. The molecule has 0 aliphatic carbocycles. The molecule has 82 valence electrons. The van der Waals surface area contributed by atoms with Gasteiger partial charge in [-0.15, -0.1) is 0 Å². The van der Waals surface area contributed by atoms with Gasteiger partial charge < -0.3 is 10.5 Å². The van der Waals surface area contributed by atoms with Gasteiger partial charge in [-0.2, -0.15) is 0 Å². The lowest BCUT2D eigenvalue weighted by molar-refractivity contribution is 0.221. The van der Waals surface area contributed by atoms with E-state index in [2.05, 4.69) is 13.0 Å². The molecule has 2 nitrogen and oxygen atoms in total. The molecular formula is C12H23NO. The third-order valence-electron chi connectivity index (χ3n) is 2.72. The number of hydrogen-bond donors (Lipinski definition) is 1. The molecule has 1 rings (SSSR count). The van der Waals surface area contributed by atoms with Gasteiger partial charge in [0.2, 0.25) is 0 Å². The number of hydrogen-bond acceptors (Lipinski definition) is 2. The van der Waals surface area contributed by atoms with Gasteiger partial charge in [-0.25, -0.2) is 0 Å². The highest BCUT2D eigenvalue weighted by molar-refractivity contribution is 5.05. The lowest BCUT2D eigenvalue weighted by atomic mass is 10.1. The fraction of sp³-hybridized carbons (Fsp3) is 0.833. The molecule has 0 radical (unpaired) electrons. The van der Waals surface area contributed by atoms with Gasteiger partial charge in [-0.3, -0.25) is 0 Å². The number of nitrogens with two attached hydrogens (primary N) is 1. The molecule has 1 heterocycles. The molecule has 0 aromatic rings. The third-order valence-corrected chi connectivity index (χ3v) is 2.72. The molecule has 1 atom stereocenters. The predicted octanol–water partition coefficient (Wildman–Crippen LogP) is 2.98. The van der Waals surface area contributed by atoms with Gasteiger partial charge in [-0.1, -0.05) is 39.0 Å². The molecule has 2 heteroatoms. The van der Waals surface area contributed by atoms with Crippen LogP contribution in [0, 0.1) is 0 Å². The first kappa shape index (κ1) is 11.6. The van der Waals surface area contributed by atoms with Crippen molar-refractivity contribution in [2.75, 3.05) is 6.61 Å². The predicted molar refractivity (Wildman–Crippen MR) is 60.0 cm³/mol. The summed E-state index contributed by atoms with van der Waals surface area (Å²) in [5.74, 6) is 1.03. The molecule has 14 heavy (non-hydrogen) atoms. The molecule has 0 fully saturated rings. The van der Waals surface area contributed by atoms with Crippen molar-refractivity contribution in [3.8, 4) is 0 Å². The highest BCUT2D eigenvalue weighted by Crippen LogP contribution is 2.16. The maximum absolute atomic E-state index is 6.00. The molecule has 1 aliphatic rings. The first-order valence-electron chi connectivity index (χ1n) is 5.93. The van der Waals surface area contributed by atoms with Gasteiger partial charge in [0, 0.05) is 6.42 Å². The second-order valence-electron chi connectivity index (χ2n) is 4.05. The van der Waals surface area contributed by atoms with Crippen LogP contribution in [0.3, 0.4) is 0 Å². The highest BCUT2D eigenvalue weighted by Gasteiger charge is 2.13. The van der Waals surface area contributed by atoms with E-state index in [0.29, 0.717) is 0 Å². The van der Waals surface area contributed by atoms with E-state index >= 15 is 0 Å². The summed E-state index contributed by atoms with van der Waals surface area (Å²) in [6, 6.07) is 0.152. The standard InChI is InChI=1S/C12H23NO/c1-2-3-4-5-6-8-11(13)12-9-7-10-14-12/h9,11H,2-8,10,13H2,1H3. The van der Waals surface area contributed by atoms with Gasteiger partial charge in [0.25, 0.3) is 0 Å². The van der Waals surface area contributed by atoms with E-state index in [4.69, 9.17) is 10.5 Å². The molecule has 0 amide bonds. The van der Waals surface area contributed by atoms with E-state index in [-0.39, 0.29) is 6.04 Å². The lowest BCUT2D eigenvalue weighted by Crippen LogP contribution is -2.22. The maximum atomic E-state index is 6.00. The van der Waals surface area contributed by atoms with E-state index in [1.807, 2.05) is 0 Å². The molecular weight excluding hydrogens is 174 g/mol. The van der Waals surface area contributed by atoms with Crippen molar-refractivity contribution >= 4 is 0 Å².